The lowest BCUT2D eigenvalue weighted by molar-refractivity contribution is 0.395. The van der Waals surface area contributed by atoms with Crippen LogP contribution in [0.2, 0.25) is 0 Å². The van der Waals surface area contributed by atoms with Crippen molar-refractivity contribution in [2.45, 2.75) is 38.1 Å². The van der Waals surface area contributed by atoms with Crippen molar-refractivity contribution in [3.8, 4) is 0 Å². The molecule has 0 saturated heterocycles. The normalized spacial score (nSPS) is 21.3. The maximum atomic E-state index is 3.57. The van der Waals surface area contributed by atoms with Crippen LogP contribution in [0.1, 0.15) is 43.9 Å². The molecule has 2 aromatic rings. The molecule has 0 fully saturated rings. The van der Waals surface area contributed by atoms with E-state index in [1.807, 2.05) is 12.1 Å². The topological polar surface area (TPSA) is 17.0 Å². The Morgan fingerprint density at radius 3 is 2.61 bits per heavy atom. The van der Waals surface area contributed by atoms with Gasteiger partial charge in [-0.2, -0.15) is 0 Å². The molecule has 0 saturated carbocycles. The van der Waals surface area contributed by atoms with Crippen LogP contribution in [0.25, 0.3) is 0 Å². The first-order valence-electron chi connectivity index (χ1n) is 6.66. The summed E-state index contributed by atoms with van der Waals surface area (Å²) in [5, 5.41) is 0. The van der Waals surface area contributed by atoms with Gasteiger partial charge in [0.25, 0.3) is 0 Å². The van der Waals surface area contributed by atoms with E-state index in [9.17, 15) is 0 Å². The number of nitrogens with one attached hydrogen (secondary N) is 1. The van der Waals surface area contributed by atoms with Crippen molar-refractivity contribution in [2.24, 2.45) is 0 Å². The summed E-state index contributed by atoms with van der Waals surface area (Å²) in [5.41, 5.74) is 6.80. The molecule has 2 heteroatoms. The maximum Gasteiger partial charge on any atom is 0.0676 e. The highest BCUT2D eigenvalue weighted by Gasteiger charge is 2.32. The van der Waals surface area contributed by atoms with Gasteiger partial charge in [0.2, 0.25) is 0 Å². The summed E-state index contributed by atoms with van der Waals surface area (Å²) < 4.78 is 2.06. The van der Waals surface area contributed by atoms with E-state index in [2.05, 4.69) is 60.6 Å². The van der Waals surface area contributed by atoms with Gasteiger partial charge in [0, 0.05) is 12.4 Å². The molecular formula is C16H20N2. The first-order chi connectivity index (χ1) is 8.67. The van der Waals surface area contributed by atoms with Crippen LogP contribution in [0.4, 0.5) is 0 Å². The smallest absolute Gasteiger partial charge is 0.0676 e. The van der Waals surface area contributed by atoms with Crippen molar-refractivity contribution >= 4 is 0 Å². The average molecular weight is 240 g/mol. The second-order valence-corrected chi connectivity index (χ2v) is 5.78. The lowest BCUT2D eigenvalue weighted by Crippen LogP contribution is -2.31. The number of aromatic nitrogens is 1. The van der Waals surface area contributed by atoms with Gasteiger partial charge in [-0.25, -0.2) is 0 Å². The highest BCUT2D eigenvalue weighted by atomic mass is 15.4. The number of hydrogen-bond acceptors (Lipinski definition) is 1. The van der Waals surface area contributed by atoms with Crippen molar-refractivity contribution in [1.29, 1.82) is 0 Å². The van der Waals surface area contributed by atoms with E-state index in [0.29, 0.717) is 11.5 Å². The number of fused-ring (bicyclic) bond motifs is 1. The highest BCUT2D eigenvalue weighted by Crippen LogP contribution is 2.41. The van der Waals surface area contributed by atoms with Gasteiger partial charge in [-0.05, 0) is 41.5 Å². The van der Waals surface area contributed by atoms with Gasteiger partial charge in [-0.1, -0.05) is 38.1 Å². The van der Waals surface area contributed by atoms with Crippen LogP contribution in [-0.4, -0.2) is 4.68 Å². The Balaban J connectivity index is 1.94. The van der Waals surface area contributed by atoms with E-state index >= 15 is 0 Å². The third-order valence-electron chi connectivity index (χ3n) is 4.03. The summed E-state index contributed by atoms with van der Waals surface area (Å²) in [6.45, 7) is 4.69. The fraction of sp³-hybridized carbons (Fsp3) is 0.375. The lowest BCUT2D eigenvalue weighted by atomic mass is 9.71. The number of rotatable bonds is 2. The molecule has 1 atom stereocenters. The Morgan fingerprint density at radius 2 is 1.83 bits per heavy atom. The van der Waals surface area contributed by atoms with Crippen molar-refractivity contribution in [1.82, 2.24) is 4.68 Å². The van der Waals surface area contributed by atoms with E-state index in [0.717, 1.165) is 0 Å². The van der Waals surface area contributed by atoms with Gasteiger partial charge >= 0.3 is 0 Å². The summed E-state index contributed by atoms with van der Waals surface area (Å²) in [6.07, 6.45) is 6.52. The first-order valence-corrected chi connectivity index (χ1v) is 6.66. The predicted octanol–water partition coefficient (Wildman–Crippen LogP) is 3.84. The maximum absolute atomic E-state index is 3.57. The largest absolute Gasteiger partial charge is 0.319 e. The van der Waals surface area contributed by atoms with Gasteiger partial charge in [-0.3, -0.25) is 4.68 Å². The quantitative estimate of drug-likeness (QED) is 0.843. The van der Waals surface area contributed by atoms with Crippen molar-refractivity contribution in [3.63, 3.8) is 0 Å². The molecule has 0 amide bonds. The summed E-state index contributed by atoms with van der Waals surface area (Å²) in [4.78, 5) is 0. The molecule has 94 valence electrons. The number of hydrogen-bond donors (Lipinski definition) is 1. The minimum absolute atomic E-state index is 0.297. The minimum Gasteiger partial charge on any atom is -0.319 e. The van der Waals surface area contributed by atoms with Gasteiger partial charge in [-0.15, -0.1) is 0 Å². The summed E-state index contributed by atoms with van der Waals surface area (Å²) in [7, 11) is 0. The lowest BCUT2D eigenvalue weighted by Gasteiger charge is -2.37. The molecule has 1 aromatic carbocycles. The molecule has 1 unspecified atom stereocenters. The fourth-order valence-corrected chi connectivity index (χ4v) is 2.95. The van der Waals surface area contributed by atoms with Crippen LogP contribution in [0.15, 0.2) is 48.8 Å². The molecule has 18 heavy (non-hydrogen) atoms. The van der Waals surface area contributed by atoms with Gasteiger partial charge in [0.15, 0.2) is 0 Å². The van der Waals surface area contributed by atoms with Crippen LogP contribution >= 0.6 is 0 Å². The van der Waals surface area contributed by atoms with E-state index in [4.69, 9.17) is 0 Å². The summed E-state index contributed by atoms with van der Waals surface area (Å²) in [5.74, 6) is 0. The standard InChI is InChI=1S/C16H20N2/c1-16(2)10-9-15(17-18-11-5-6-12-18)13-7-3-4-8-14(13)16/h3-8,11-12,15,17H,9-10H2,1-2H3. The molecule has 0 radical (unpaired) electrons. The Kier molecular flexibility index (Phi) is 2.66. The second kappa shape index (κ2) is 4.20. The first kappa shape index (κ1) is 11.4. The average Bonchev–Trinajstić information content (AvgIpc) is 2.86. The Hall–Kier alpha value is -1.70. The van der Waals surface area contributed by atoms with Crippen LogP contribution in [0.5, 0.6) is 0 Å². The van der Waals surface area contributed by atoms with Gasteiger partial charge in [0.1, 0.15) is 0 Å². The Morgan fingerprint density at radius 1 is 1.11 bits per heavy atom. The fourth-order valence-electron chi connectivity index (χ4n) is 2.95. The second-order valence-electron chi connectivity index (χ2n) is 5.78. The molecule has 0 bridgehead atoms. The Labute approximate surface area is 109 Å². The minimum atomic E-state index is 0.297. The molecule has 0 spiro atoms. The van der Waals surface area contributed by atoms with E-state index in [-0.39, 0.29) is 0 Å². The zero-order valence-electron chi connectivity index (χ0n) is 11.1. The van der Waals surface area contributed by atoms with Crippen LogP contribution in [-0.2, 0) is 5.41 Å². The SMILES string of the molecule is CC1(C)CCC(Nn2cccc2)c2ccccc21. The molecule has 2 nitrogen and oxygen atoms in total. The molecule has 1 aliphatic carbocycles. The van der Waals surface area contributed by atoms with E-state index in [1.165, 1.54) is 24.0 Å². The zero-order chi connectivity index (χ0) is 12.6. The molecule has 3 rings (SSSR count). The van der Waals surface area contributed by atoms with Crippen LogP contribution < -0.4 is 5.43 Å². The summed E-state index contributed by atoms with van der Waals surface area (Å²) in [6, 6.07) is 13.3. The molecule has 1 aliphatic rings. The van der Waals surface area contributed by atoms with Gasteiger partial charge in [0.05, 0.1) is 6.04 Å². The zero-order valence-corrected chi connectivity index (χ0v) is 11.1. The Bertz CT molecular complexity index is 526. The van der Waals surface area contributed by atoms with Crippen LogP contribution in [0.3, 0.4) is 0 Å². The van der Waals surface area contributed by atoms with Gasteiger partial charge < -0.3 is 5.43 Å². The van der Waals surface area contributed by atoms with Crippen molar-refractivity contribution < 1.29 is 0 Å². The third kappa shape index (κ3) is 1.92. The van der Waals surface area contributed by atoms with Crippen molar-refractivity contribution in [3.05, 3.63) is 59.9 Å². The number of benzene rings is 1. The number of nitrogens with zero attached hydrogens (tertiary/aromatic N) is 1. The van der Waals surface area contributed by atoms with Crippen LogP contribution in [0, 0.1) is 0 Å². The van der Waals surface area contributed by atoms with E-state index < -0.39 is 0 Å². The predicted molar refractivity (Wildman–Crippen MR) is 75.2 cm³/mol. The van der Waals surface area contributed by atoms with E-state index in [1.54, 1.807) is 0 Å². The summed E-state index contributed by atoms with van der Waals surface area (Å²) >= 11 is 0. The highest BCUT2D eigenvalue weighted by molar-refractivity contribution is 5.39. The molecule has 1 aromatic heterocycles. The monoisotopic (exact) mass is 240 g/mol. The van der Waals surface area contributed by atoms with Crippen molar-refractivity contribution in [2.75, 3.05) is 5.43 Å². The molecule has 1 N–H and O–H groups in total. The molecular weight excluding hydrogens is 220 g/mol. The molecule has 1 heterocycles. The third-order valence-corrected chi connectivity index (χ3v) is 4.03. The molecule has 0 aliphatic heterocycles.